The summed E-state index contributed by atoms with van der Waals surface area (Å²) in [5, 5.41) is 32.8. The van der Waals surface area contributed by atoms with Crippen molar-refractivity contribution in [1.82, 2.24) is 5.06 Å². The minimum Gasteiger partial charge on any atom is -0.632 e. The molecule has 6 heteroatoms. The highest BCUT2D eigenvalue weighted by atomic mass is 16.6. The summed E-state index contributed by atoms with van der Waals surface area (Å²) in [4.78, 5) is 10.8. The molecular formula is C14H20N2O4. The number of aromatic carboxylic acids is 1. The van der Waals surface area contributed by atoms with Crippen LogP contribution in [0.1, 0.15) is 49.8 Å². The molecule has 1 fully saturated rings. The molecule has 1 saturated heterocycles. The quantitative estimate of drug-likeness (QED) is 0.704. The zero-order valence-corrected chi connectivity index (χ0v) is 12.0. The number of carboxylic acids is 1. The average Bonchev–Trinajstić information content (AvgIpc) is 2.49. The number of hydrogen-bond donors (Lipinski definition) is 3. The molecule has 2 rings (SSSR count). The largest absolute Gasteiger partial charge is 0.632 e. The number of nitrogens with zero attached hydrogens (tertiary/aromatic N) is 1. The average molecular weight is 280 g/mol. The number of nitrogens with one attached hydrogen (secondary N) is 1. The molecule has 6 nitrogen and oxygen atoms in total. The molecule has 110 valence electrons. The lowest BCUT2D eigenvalue weighted by molar-refractivity contribution is -0.925. The molecule has 1 heterocycles. The van der Waals surface area contributed by atoms with E-state index in [0.29, 0.717) is 5.56 Å². The van der Waals surface area contributed by atoms with Crippen LogP contribution in [0.2, 0.25) is 0 Å². The summed E-state index contributed by atoms with van der Waals surface area (Å²) < 4.78 is 0. The molecule has 1 aliphatic rings. The molecule has 2 atom stereocenters. The number of rotatable bonds is 2. The topological polar surface area (TPSA) is 88.3 Å². The molecule has 20 heavy (non-hydrogen) atoms. The van der Waals surface area contributed by atoms with Crippen LogP contribution in [0.25, 0.3) is 0 Å². The Balaban J connectivity index is 2.40. The van der Waals surface area contributed by atoms with Crippen LogP contribution in [0, 0.1) is 5.21 Å². The first-order chi connectivity index (χ1) is 9.10. The number of hydroxylamine groups is 4. The van der Waals surface area contributed by atoms with Crippen molar-refractivity contribution in [2.24, 2.45) is 0 Å². The molecule has 3 N–H and O–H groups in total. The minimum atomic E-state index is -1.02. The molecule has 2 unspecified atom stereocenters. The highest BCUT2D eigenvalue weighted by Crippen LogP contribution is 2.36. The van der Waals surface area contributed by atoms with Crippen molar-refractivity contribution in [3.05, 3.63) is 40.6 Å². The maximum atomic E-state index is 12.6. The van der Waals surface area contributed by atoms with Crippen LogP contribution in [0.15, 0.2) is 24.3 Å². The smallest absolute Gasteiger partial charge is 0.335 e. The third-order valence-electron chi connectivity index (χ3n) is 4.68. The normalized spacial score (nSPS) is 28.5. The zero-order valence-electron chi connectivity index (χ0n) is 12.0. The first-order valence-electron chi connectivity index (χ1n) is 6.46. The Hall–Kier alpha value is -1.47. The number of benzene rings is 1. The molecule has 1 aromatic rings. The van der Waals surface area contributed by atoms with Gasteiger partial charge in [0.2, 0.25) is 0 Å². The lowest BCUT2D eigenvalue weighted by atomic mass is 9.84. The molecular weight excluding hydrogens is 260 g/mol. The van der Waals surface area contributed by atoms with Gasteiger partial charge in [0.05, 0.1) is 5.56 Å². The molecule has 1 aliphatic heterocycles. The van der Waals surface area contributed by atoms with Gasteiger partial charge in [-0.2, -0.15) is 0 Å². The number of carbonyl (C=O) groups is 1. The molecule has 0 aliphatic carbocycles. The van der Waals surface area contributed by atoms with Gasteiger partial charge in [0.15, 0.2) is 6.17 Å². The van der Waals surface area contributed by atoms with Crippen LogP contribution in [-0.2, 0) is 0 Å². The first kappa shape index (κ1) is 14.9. The lowest BCUT2D eigenvalue weighted by Crippen LogP contribution is -3.14. The summed E-state index contributed by atoms with van der Waals surface area (Å²) >= 11 is 0. The Kier molecular flexibility index (Phi) is 3.38. The predicted octanol–water partition coefficient (Wildman–Crippen LogP) is 1.03. The van der Waals surface area contributed by atoms with E-state index in [1.54, 1.807) is 12.1 Å². The molecule has 0 aromatic heterocycles. The standard InChI is InChI=1S/C14H20N2O4/c1-13(2)14(3,4)16(20)11(15(13)19)9-5-7-10(8-6-9)12(17)18/h5-8,11,15,20H,1-4H3,(H,17,18). The summed E-state index contributed by atoms with van der Waals surface area (Å²) in [6.45, 7) is 7.25. The van der Waals surface area contributed by atoms with E-state index in [2.05, 4.69) is 0 Å². The van der Waals surface area contributed by atoms with Gasteiger partial charge in [-0.1, -0.05) is 12.1 Å². The van der Waals surface area contributed by atoms with E-state index in [0.717, 1.165) is 5.06 Å². The third kappa shape index (κ3) is 1.92. The second-order valence-corrected chi connectivity index (χ2v) is 6.22. The minimum absolute atomic E-state index is 0.0759. The molecule has 0 bridgehead atoms. The Morgan fingerprint density at radius 1 is 1.25 bits per heavy atom. The van der Waals surface area contributed by atoms with Crippen molar-refractivity contribution in [2.45, 2.75) is 44.9 Å². The van der Waals surface area contributed by atoms with Gasteiger partial charge in [-0.25, -0.2) is 4.79 Å². The summed E-state index contributed by atoms with van der Waals surface area (Å²) in [6.07, 6.45) is -0.761. The summed E-state index contributed by atoms with van der Waals surface area (Å²) in [5.41, 5.74) is -0.638. The van der Waals surface area contributed by atoms with Gasteiger partial charge >= 0.3 is 5.97 Å². The highest BCUT2D eigenvalue weighted by molar-refractivity contribution is 5.87. The third-order valence-corrected chi connectivity index (χ3v) is 4.68. The summed E-state index contributed by atoms with van der Waals surface area (Å²) in [6, 6.07) is 6.04. The SMILES string of the molecule is CC1(C)N(O)C(c2ccc(C(=O)O)cc2)[NH+]([O-])C1(C)C. The van der Waals surface area contributed by atoms with E-state index in [-0.39, 0.29) is 10.6 Å². The summed E-state index contributed by atoms with van der Waals surface area (Å²) in [7, 11) is 0. The lowest BCUT2D eigenvalue weighted by Gasteiger charge is -2.39. The first-order valence-corrected chi connectivity index (χ1v) is 6.46. The van der Waals surface area contributed by atoms with Gasteiger partial charge < -0.3 is 20.6 Å². The van der Waals surface area contributed by atoms with Gasteiger partial charge in [0, 0.05) is 5.56 Å². The summed E-state index contributed by atoms with van der Waals surface area (Å²) in [5.74, 6) is -1.02. The molecule has 1 aromatic carbocycles. The van der Waals surface area contributed by atoms with Crippen LogP contribution in [0.4, 0.5) is 0 Å². The number of carboxylic acid groups (broad SMARTS) is 1. The van der Waals surface area contributed by atoms with Gasteiger partial charge in [0.1, 0.15) is 11.1 Å². The fourth-order valence-corrected chi connectivity index (χ4v) is 2.46. The molecule has 0 radical (unpaired) electrons. The molecule has 0 saturated carbocycles. The van der Waals surface area contributed by atoms with Gasteiger partial charge in [-0.15, -0.1) is 5.06 Å². The maximum Gasteiger partial charge on any atom is 0.335 e. The molecule has 0 spiro atoms. The Morgan fingerprint density at radius 3 is 2.10 bits per heavy atom. The van der Waals surface area contributed by atoms with Crippen molar-refractivity contribution in [3.8, 4) is 0 Å². The van der Waals surface area contributed by atoms with E-state index in [4.69, 9.17) is 5.11 Å². The van der Waals surface area contributed by atoms with E-state index in [9.17, 15) is 15.2 Å². The van der Waals surface area contributed by atoms with E-state index in [1.807, 2.05) is 27.7 Å². The van der Waals surface area contributed by atoms with Gasteiger partial charge in [-0.05, 0) is 39.8 Å². The Labute approximate surface area is 117 Å². The van der Waals surface area contributed by atoms with Crippen molar-refractivity contribution in [1.29, 1.82) is 0 Å². The zero-order chi connectivity index (χ0) is 15.3. The van der Waals surface area contributed by atoms with E-state index < -0.39 is 23.2 Å². The van der Waals surface area contributed by atoms with Crippen LogP contribution in [0.3, 0.4) is 0 Å². The van der Waals surface area contributed by atoms with E-state index in [1.165, 1.54) is 12.1 Å². The van der Waals surface area contributed by atoms with Crippen molar-refractivity contribution >= 4 is 5.97 Å². The van der Waals surface area contributed by atoms with Crippen molar-refractivity contribution in [2.75, 3.05) is 0 Å². The predicted molar refractivity (Wildman–Crippen MR) is 72.3 cm³/mol. The van der Waals surface area contributed by atoms with Gasteiger partial charge in [0.25, 0.3) is 0 Å². The number of quaternary nitrogens is 1. The second kappa shape index (κ2) is 4.53. The monoisotopic (exact) mass is 280 g/mol. The Bertz CT molecular complexity index is 504. The van der Waals surface area contributed by atoms with E-state index >= 15 is 0 Å². The van der Waals surface area contributed by atoms with Gasteiger partial charge in [-0.3, -0.25) is 0 Å². The van der Waals surface area contributed by atoms with Crippen LogP contribution >= 0.6 is 0 Å². The van der Waals surface area contributed by atoms with Crippen molar-refractivity contribution in [3.63, 3.8) is 0 Å². The van der Waals surface area contributed by atoms with Crippen LogP contribution in [0.5, 0.6) is 0 Å². The fraction of sp³-hybridized carbons (Fsp3) is 0.500. The van der Waals surface area contributed by atoms with Crippen LogP contribution in [-0.4, -0.2) is 32.4 Å². The maximum absolute atomic E-state index is 12.6. The second-order valence-electron chi connectivity index (χ2n) is 6.22. The van der Waals surface area contributed by atoms with Crippen molar-refractivity contribution < 1.29 is 20.2 Å². The highest BCUT2D eigenvalue weighted by Gasteiger charge is 2.59. The fourth-order valence-electron chi connectivity index (χ4n) is 2.46. The number of hydrogen-bond acceptors (Lipinski definition) is 4. The Morgan fingerprint density at radius 2 is 1.75 bits per heavy atom. The molecule has 0 amide bonds. The van der Waals surface area contributed by atoms with Crippen LogP contribution < -0.4 is 5.06 Å².